The lowest BCUT2D eigenvalue weighted by Gasteiger charge is -2.17. The molecule has 0 aromatic rings. The molecule has 1 unspecified atom stereocenters. The van der Waals surface area contributed by atoms with Gasteiger partial charge in [-0.05, 0) is 25.3 Å². The Kier molecular flexibility index (Phi) is 4.88. The maximum Gasteiger partial charge on any atom is 0.159 e. The van der Waals surface area contributed by atoms with E-state index in [4.69, 9.17) is 14.7 Å². The second kappa shape index (κ2) is 5.97. The lowest BCUT2D eigenvalue weighted by atomic mass is 10.2. The van der Waals surface area contributed by atoms with E-state index in [1.165, 1.54) is 12.8 Å². The highest BCUT2D eigenvalue weighted by atomic mass is 16.7. The first kappa shape index (κ1) is 11.4. The Morgan fingerprint density at radius 2 is 2.07 bits per heavy atom. The highest BCUT2D eigenvalue weighted by Gasteiger charge is 2.23. The first-order valence-corrected chi connectivity index (χ1v) is 4.98. The van der Waals surface area contributed by atoms with Gasteiger partial charge in [0.25, 0.3) is 0 Å². The van der Waals surface area contributed by atoms with Gasteiger partial charge in [-0.2, -0.15) is 5.26 Å². The standard InChI is InChI=1S/C10H18N2O2/c1-13-10(14-2)5-9(6-11)12-7-8-3-4-8/h8-10,12H,3-5,7H2,1-2H3. The third kappa shape index (κ3) is 4.05. The van der Waals surface area contributed by atoms with Gasteiger partial charge in [0, 0.05) is 20.6 Å². The van der Waals surface area contributed by atoms with Crippen molar-refractivity contribution in [1.29, 1.82) is 5.26 Å². The fourth-order valence-corrected chi connectivity index (χ4v) is 1.29. The zero-order valence-electron chi connectivity index (χ0n) is 8.82. The lowest BCUT2D eigenvalue weighted by molar-refractivity contribution is -0.108. The first-order valence-electron chi connectivity index (χ1n) is 4.98. The highest BCUT2D eigenvalue weighted by Crippen LogP contribution is 2.27. The normalized spacial score (nSPS) is 18.1. The molecule has 1 rings (SSSR count). The van der Waals surface area contributed by atoms with Crippen LogP contribution in [0.4, 0.5) is 0 Å². The number of hydrogen-bond acceptors (Lipinski definition) is 4. The molecule has 1 aliphatic rings. The molecule has 4 heteroatoms. The van der Waals surface area contributed by atoms with E-state index in [1.54, 1.807) is 14.2 Å². The lowest BCUT2D eigenvalue weighted by Crippen LogP contribution is -2.34. The number of hydrogen-bond donors (Lipinski definition) is 1. The average molecular weight is 198 g/mol. The summed E-state index contributed by atoms with van der Waals surface area (Å²) >= 11 is 0. The minimum absolute atomic E-state index is 0.166. The Bertz CT molecular complexity index is 195. The molecule has 0 radical (unpaired) electrons. The van der Waals surface area contributed by atoms with Crippen LogP contribution in [-0.4, -0.2) is 33.1 Å². The summed E-state index contributed by atoms with van der Waals surface area (Å²) in [5.41, 5.74) is 0. The zero-order valence-corrected chi connectivity index (χ0v) is 8.82. The molecule has 1 aliphatic carbocycles. The van der Waals surface area contributed by atoms with E-state index in [-0.39, 0.29) is 12.3 Å². The van der Waals surface area contributed by atoms with Crippen LogP contribution in [0.2, 0.25) is 0 Å². The molecule has 1 saturated carbocycles. The van der Waals surface area contributed by atoms with E-state index in [0.717, 1.165) is 12.5 Å². The van der Waals surface area contributed by atoms with Gasteiger partial charge < -0.3 is 14.8 Å². The number of rotatable bonds is 7. The van der Waals surface area contributed by atoms with E-state index < -0.39 is 0 Å². The van der Waals surface area contributed by atoms with Gasteiger partial charge in [-0.15, -0.1) is 0 Å². The number of nitrogens with one attached hydrogen (secondary N) is 1. The monoisotopic (exact) mass is 198 g/mol. The van der Waals surface area contributed by atoms with E-state index in [1.807, 2.05) is 0 Å². The predicted octanol–water partition coefficient (Wildman–Crippen LogP) is 0.887. The van der Waals surface area contributed by atoms with Crippen LogP contribution in [0.3, 0.4) is 0 Å². The summed E-state index contributed by atoms with van der Waals surface area (Å²) in [7, 11) is 3.17. The number of nitrogens with zero attached hydrogens (tertiary/aromatic N) is 1. The van der Waals surface area contributed by atoms with Crippen LogP contribution in [0, 0.1) is 17.2 Å². The quantitative estimate of drug-likeness (QED) is 0.617. The Balaban J connectivity index is 2.18. The molecule has 1 N–H and O–H groups in total. The molecule has 0 amide bonds. The summed E-state index contributed by atoms with van der Waals surface area (Å²) in [6.45, 7) is 0.943. The maximum absolute atomic E-state index is 8.88. The van der Waals surface area contributed by atoms with Crippen molar-refractivity contribution in [1.82, 2.24) is 5.32 Å². The van der Waals surface area contributed by atoms with Gasteiger partial charge in [-0.1, -0.05) is 0 Å². The maximum atomic E-state index is 8.88. The second-order valence-corrected chi connectivity index (χ2v) is 3.67. The molecular formula is C10H18N2O2. The summed E-state index contributed by atoms with van der Waals surface area (Å²) in [4.78, 5) is 0. The zero-order chi connectivity index (χ0) is 10.4. The molecule has 0 aliphatic heterocycles. The molecule has 0 saturated heterocycles. The van der Waals surface area contributed by atoms with Gasteiger partial charge in [-0.3, -0.25) is 0 Å². The molecule has 14 heavy (non-hydrogen) atoms. The summed E-state index contributed by atoms with van der Waals surface area (Å²) in [5.74, 6) is 0.786. The number of ether oxygens (including phenoxy) is 2. The average Bonchev–Trinajstić information content (AvgIpc) is 3.02. The van der Waals surface area contributed by atoms with Crippen LogP contribution < -0.4 is 5.32 Å². The fraction of sp³-hybridized carbons (Fsp3) is 0.900. The molecular weight excluding hydrogens is 180 g/mol. The van der Waals surface area contributed by atoms with Crippen LogP contribution >= 0.6 is 0 Å². The molecule has 1 fully saturated rings. The molecule has 0 spiro atoms. The molecule has 0 heterocycles. The topological polar surface area (TPSA) is 54.3 Å². The van der Waals surface area contributed by atoms with Crippen molar-refractivity contribution in [2.75, 3.05) is 20.8 Å². The number of nitriles is 1. The van der Waals surface area contributed by atoms with Crippen LogP contribution in [0.15, 0.2) is 0 Å². The highest BCUT2D eigenvalue weighted by molar-refractivity contribution is 4.92. The van der Waals surface area contributed by atoms with Crippen LogP contribution in [0.5, 0.6) is 0 Å². The van der Waals surface area contributed by atoms with Crippen molar-refractivity contribution in [3.05, 3.63) is 0 Å². The van der Waals surface area contributed by atoms with E-state index in [0.29, 0.717) is 6.42 Å². The molecule has 80 valence electrons. The molecule has 4 nitrogen and oxygen atoms in total. The third-order valence-electron chi connectivity index (χ3n) is 2.46. The summed E-state index contributed by atoms with van der Waals surface area (Å²) in [6.07, 6.45) is 2.88. The van der Waals surface area contributed by atoms with Crippen LogP contribution in [0.25, 0.3) is 0 Å². The largest absolute Gasteiger partial charge is 0.356 e. The molecule has 0 aromatic heterocycles. The third-order valence-corrected chi connectivity index (χ3v) is 2.46. The summed E-state index contributed by atoms with van der Waals surface area (Å²) in [6, 6.07) is 2.05. The van der Waals surface area contributed by atoms with Crippen molar-refractivity contribution in [2.24, 2.45) is 5.92 Å². The smallest absolute Gasteiger partial charge is 0.159 e. The Hall–Kier alpha value is -0.630. The van der Waals surface area contributed by atoms with Gasteiger partial charge in [0.15, 0.2) is 6.29 Å². The number of methoxy groups -OCH3 is 2. The summed E-state index contributed by atoms with van der Waals surface area (Å²) in [5, 5.41) is 12.1. The van der Waals surface area contributed by atoms with Gasteiger partial charge in [0.2, 0.25) is 0 Å². The predicted molar refractivity (Wildman–Crippen MR) is 52.6 cm³/mol. The molecule has 1 atom stereocenters. The Labute approximate surface area is 85.2 Å². The minimum atomic E-state index is -0.286. The molecule has 0 aromatic carbocycles. The van der Waals surface area contributed by atoms with E-state index in [9.17, 15) is 0 Å². The van der Waals surface area contributed by atoms with Crippen molar-refractivity contribution < 1.29 is 9.47 Å². The van der Waals surface area contributed by atoms with Gasteiger partial charge in [-0.25, -0.2) is 0 Å². The van der Waals surface area contributed by atoms with Gasteiger partial charge in [0.05, 0.1) is 6.07 Å². The SMILES string of the molecule is COC(CC(C#N)NCC1CC1)OC. The van der Waals surface area contributed by atoms with Gasteiger partial charge >= 0.3 is 0 Å². The second-order valence-electron chi connectivity index (χ2n) is 3.67. The van der Waals surface area contributed by atoms with Crippen molar-refractivity contribution >= 4 is 0 Å². The van der Waals surface area contributed by atoms with Crippen LogP contribution in [0.1, 0.15) is 19.3 Å². The Morgan fingerprint density at radius 3 is 2.50 bits per heavy atom. The summed E-state index contributed by atoms with van der Waals surface area (Å²) < 4.78 is 10.1. The van der Waals surface area contributed by atoms with Gasteiger partial charge in [0.1, 0.15) is 6.04 Å². The molecule has 0 bridgehead atoms. The van der Waals surface area contributed by atoms with Crippen molar-refractivity contribution in [2.45, 2.75) is 31.6 Å². The fourth-order valence-electron chi connectivity index (χ4n) is 1.29. The van der Waals surface area contributed by atoms with Crippen molar-refractivity contribution in [3.8, 4) is 6.07 Å². The van der Waals surface area contributed by atoms with Crippen molar-refractivity contribution in [3.63, 3.8) is 0 Å². The van der Waals surface area contributed by atoms with E-state index >= 15 is 0 Å². The van der Waals surface area contributed by atoms with Crippen LogP contribution in [-0.2, 0) is 9.47 Å². The first-order chi connectivity index (χ1) is 6.80. The van der Waals surface area contributed by atoms with E-state index in [2.05, 4.69) is 11.4 Å². The Morgan fingerprint density at radius 1 is 1.43 bits per heavy atom. The minimum Gasteiger partial charge on any atom is -0.356 e.